The summed E-state index contributed by atoms with van der Waals surface area (Å²) < 4.78 is 24.2. The van der Waals surface area contributed by atoms with Gasteiger partial charge in [0.1, 0.15) is 0 Å². The molecule has 2 N–H and O–H groups in total. The van der Waals surface area contributed by atoms with E-state index in [0.29, 0.717) is 49.0 Å². The second-order valence-corrected chi connectivity index (χ2v) is 13.5. The maximum absolute atomic E-state index is 5.82. The van der Waals surface area contributed by atoms with Crippen LogP contribution in [0.5, 0.6) is 0 Å². The minimum atomic E-state index is -2.59. The van der Waals surface area contributed by atoms with Crippen molar-refractivity contribution in [2.75, 3.05) is 39.5 Å². The van der Waals surface area contributed by atoms with Crippen LogP contribution in [0.2, 0.25) is 0 Å². The average Bonchev–Trinajstić information content (AvgIpc) is 2.54. The fraction of sp³-hybridized carbons (Fsp3) is 0.818. The van der Waals surface area contributed by atoms with Gasteiger partial charge in [-0.1, -0.05) is 24.4 Å². The molecule has 0 bridgehead atoms. The van der Waals surface area contributed by atoms with Gasteiger partial charge < -0.3 is 28.7 Å². The molecule has 0 aromatic heterocycles. The zero-order valence-corrected chi connectivity index (χ0v) is 18.0. The molecule has 0 unspecified atom stereocenters. The highest BCUT2D eigenvalue weighted by Crippen LogP contribution is 2.60. The molecule has 0 aromatic carbocycles. The fourth-order valence-electron chi connectivity index (χ4n) is 1.94. The Balaban J connectivity index is 1.96. The van der Waals surface area contributed by atoms with Crippen LogP contribution in [-0.4, -0.2) is 49.0 Å². The molecular weight excluding hydrogens is 414 g/mol. The van der Waals surface area contributed by atoms with Crippen LogP contribution in [0.25, 0.3) is 0 Å². The number of hydrogen-bond donors (Lipinski definition) is 2. The fourth-order valence-corrected chi connectivity index (χ4v) is 6.98. The summed E-state index contributed by atoms with van der Waals surface area (Å²) >= 11 is 21.4. The SMILES string of the molecule is CCNC(=S)P1(=S)OCC2(CO1)COP(=S)(C(=S)NCC)OC2. The van der Waals surface area contributed by atoms with Crippen molar-refractivity contribution in [1.29, 1.82) is 0 Å². The number of rotatable bonds is 4. The predicted octanol–water partition coefficient (Wildman–Crippen LogP) is 2.47. The van der Waals surface area contributed by atoms with E-state index in [2.05, 4.69) is 10.6 Å². The van der Waals surface area contributed by atoms with Gasteiger partial charge in [0.05, 0.1) is 31.8 Å². The quantitative estimate of drug-likeness (QED) is 0.510. The van der Waals surface area contributed by atoms with Crippen LogP contribution in [0.4, 0.5) is 0 Å². The van der Waals surface area contributed by atoms with Crippen molar-refractivity contribution in [2.45, 2.75) is 13.8 Å². The van der Waals surface area contributed by atoms with Gasteiger partial charge in [-0.15, -0.1) is 0 Å². The molecule has 0 amide bonds. The lowest BCUT2D eigenvalue weighted by Gasteiger charge is -2.45. The van der Waals surface area contributed by atoms with Gasteiger partial charge in [0, 0.05) is 13.1 Å². The third-order valence-corrected chi connectivity index (χ3v) is 11.3. The number of hydrogen-bond acceptors (Lipinski definition) is 8. The van der Waals surface area contributed by atoms with Crippen LogP contribution in [0.1, 0.15) is 13.8 Å². The van der Waals surface area contributed by atoms with Gasteiger partial charge in [-0.25, -0.2) is 0 Å². The van der Waals surface area contributed by atoms with Crippen molar-refractivity contribution in [1.82, 2.24) is 10.6 Å². The largest absolute Gasteiger partial charge is 0.372 e. The second kappa shape index (κ2) is 8.08. The van der Waals surface area contributed by atoms with E-state index < -0.39 is 18.4 Å². The van der Waals surface area contributed by atoms with Gasteiger partial charge in [-0.3, -0.25) is 0 Å². The van der Waals surface area contributed by atoms with E-state index in [0.717, 1.165) is 0 Å². The van der Waals surface area contributed by atoms with Gasteiger partial charge in [0.2, 0.25) is 13.0 Å². The van der Waals surface area contributed by atoms with E-state index in [4.69, 9.17) is 66.1 Å². The van der Waals surface area contributed by atoms with Gasteiger partial charge in [-0.05, 0) is 37.5 Å². The Morgan fingerprint density at radius 2 is 1.13 bits per heavy atom. The highest BCUT2D eigenvalue weighted by atomic mass is 32.5. The maximum atomic E-state index is 5.82. The monoisotopic (exact) mass is 434 g/mol. The van der Waals surface area contributed by atoms with E-state index in [-0.39, 0.29) is 0 Å². The normalized spacial score (nSPS) is 37.3. The molecule has 2 fully saturated rings. The average molecular weight is 435 g/mol. The van der Waals surface area contributed by atoms with Crippen molar-refractivity contribution < 1.29 is 18.1 Å². The maximum Gasteiger partial charge on any atom is 0.246 e. The summed E-state index contributed by atoms with van der Waals surface area (Å²) in [6.07, 6.45) is 0. The van der Waals surface area contributed by atoms with Crippen LogP contribution >= 0.6 is 37.4 Å². The summed E-state index contributed by atoms with van der Waals surface area (Å²) in [6, 6.07) is 0. The van der Waals surface area contributed by atoms with Crippen LogP contribution in [0.3, 0.4) is 0 Å². The first kappa shape index (κ1) is 20.2. The summed E-state index contributed by atoms with van der Waals surface area (Å²) in [5.74, 6) is 0. The van der Waals surface area contributed by atoms with Crippen LogP contribution in [0, 0.1) is 5.41 Å². The van der Waals surface area contributed by atoms with Gasteiger partial charge >= 0.3 is 0 Å². The van der Waals surface area contributed by atoms with Gasteiger partial charge in [0.15, 0.2) is 9.46 Å². The van der Waals surface area contributed by atoms with E-state index in [1.807, 2.05) is 13.8 Å². The molecule has 0 atom stereocenters. The summed E-state index contributed by atoms with van der Waals surface area (Å²) in [5, 5.41) is 6.03. The molecule has 0 aromatic rings. The van der Waals surface area contributed by atoms with Crippen molar-refractivity contribution in [3.63, 3.8) is 0 Å². The van der Waals surface area contributed by atoms with Crippen molar-refractivity contribution in [2.24, 2.45) is 5.41 Å². The topological polar surface area (TPSA) is 61.0 Å². The van der Waals surface area contributed by atoms with Crippen molar-refractivity contribution in [3.05, 3.63) is 0 Å². The molecule has 2 rings (SSSR count). The van der Waals surface area contributed by atoms with E-state index in [1.165, 1.54) is 0 Å². The van der Waals surface area contributed by atoms with Crippen LogP contribution in [0.15, 0.2) is 0 Å². The highest BCUT2D eigenvalue weighted by Gasteiger charge is 2.47. The number of thiocarbonyl (C=S) groups is 2. The van der Waals surface area contributed by atoms with Crippen molar-refractivity contribution >= 4 is 70.5 Å². The Bertz CT molecular complexity index is 511. The van der Waals surface area contributed by atoms with E-state index >= 15 is 0 Å². The zero-order chi connectivity index (χ0) is 17.1. The molecule has 2 aliphatic rings. The molecule has 132 valence electrons. The molecule has 23 heavy (non-hydrogen) atoms. The smallest absolute Gasteiger partial charge is 0.246 e. The molecular formula is C11H20N2O4P2S4. The Morgan fingerprint density at radius 1 is 0.826 bits per heavy atom. The molecule has 0 aliphatic carbocycles. The number of nitrogens with one attached hydrogen (secondary N) is 2. The predicted molar refractivity (Wildman–Crippen MR) is 107 cm³/mol. The second-order valence-electron chi connectivity index (χ2n) is 5.26. The summed E-state index contributed by atoms with van der Waals surface area (Å²) in [7, 11) is 0. The molecule has 2 heterocycles. The summed E-state index contributed by atoms with van der Waals surface area (Å²) in [6.45, 7) is 1.59. The van der Waals surface area contributed by atoms with E-state index in [1.54, 1.807) is 0 Å². The van der Waals surface area contributed by atoms with E-state index in [9.17, 15) is 0 Å². The highest BCUT2D eigenvalue weighted by molar-refractivity contribution is 8.24. The summed E-state index contributed by atoms with van der Waals surface area (Å²) in [5.41, 5.74) is -0.408. The molecule has 2 saturated heterocycles. The molecule has 12 heteroatoms. The molecule has 0 radical (unpaired) electrons. The Labute approximate surface area is 157 Å². The molecule has 2 aliphatic heterocycles. The molecule has 0 saturated carbocycles. The van der Waals surface area contributed by atoms with Crippen LogP contribution in [-0.2, 0) is 41.7 Å². The lowest BCUT2D eigenvalue weighted by Crippen LogP contribution is -2.47. The lowest BCUT2D eigenvalue weighted by atomic mass is 9.93. The first-order valence-corrected chi connectivity index (χ1v) is 13.2. The first-order chi connectivity index (χ1) is 10.8. The Morgan fingerprint density at radius 3 is 1.39 bits per heavy atom. The molecule has 6 nitrogen and oxygen atoms in total. The minimum absolute atomic E-state index is 0.374. The Hall–Kier alpha value is 0.920. The standard InChI is InChI=1S/C11H20N2O4P2S4/c1-3-12-9(20)18(22)14-5-11(6-15-18)7-16-19(23,17-8-11)10(21)13-4-2/h3-8H2,1-2H3,(H,12,20)(H,13,21). The minimum Gasteiger partial charge on any atom is -0.372 e. The van der Waals surface area contributed by atoms with Gasteiger partial charge in [-0.2, -0.15) is 0 Å². The zero-order valence-electron chi connectivity index (χ0n) is 12.9. The third-order valence-electron chi connectivity index (χ3n) is 3.32. The molecule has 1 spiro atoms. The lowest BCUT2D eigenvalue weighted by molar-refractivity contribution is -0.0502. The van der Waals surface area contributed by atoms with Crippen molar-refractivity contribution in [3.8, 4) is 0 Å². The van der Waals surface area contributed by atoms with Gasteiger partial charge in [0.25, 0.3) is 0 Å². The summed E-state index contributed by atoms with van der Waals surface area (Å²) in [4.78, 5) is 0. The Kier molecular flexibility index (Phi) is 7.11. The van der Waals surface area contributed by atoms with Crippen LogP contribution < -0.4 is 10.6 Å². The first-order valence-electron chi connectivity index (χ1n) is 7.14. The third kappa shape index (κ3) is 4.56.